The monoisotopic (exact) mass is 488 g/mol. The predicted octanol–water partition coefficient (Wildman–Crippen LogP) is 0.489. The standard InChI is InChI=1S/C13H9.C7H14.C5H5.2ClH.Zr/c1-3-7-12-10(5-1)9-11-6-2-4-8-13(11)12;1-6(2)5-7(3)4;1-2-4-5-3-1;;;/h1-5,7-8H,9H2;6-7H,1-4H3;1-5H;2*1H;/q-1;;-1;;;+2/p-2. The summed E-state index contributed by atoms with van der Waals surface area (Å²) in [6, 6.07) is 28.1. The van der Waals surface area contributed by atoms with Gasteiger partial charge in [-0.1, -0.05) is 35.4 Å². The molecule has 1 aliphatic carbocycles. The van der Waals surface area contributed by atoms with Crippen LogP contribution in [0.3, 0.4) is 0 Å². The Morgan fingerprint density at radius 3 is 1.93 bits per heavy atom. The van der Waals surface area contributed by atoms with Crippen molar-refractivity contribution >= 4 is 3.21 Å². The van der Waals surface area contributed by atoms with Crippen molar-refractivity contribution in [1.82, 2.24) is 0 Å². The van der Waals surface area contributed by atoms with Crippen molar-refractivity contribution in [2.24, 2.45) is 11.8 Å². The van der Waals surface area contributed by atoms with Gasteiger partial charge in [0.05, 0.1) is 0 Å². The fraction of sp³-hybridized carbons (Fsp3) is 0.280. The molecule has 0 aromatic heterocycles. The first-order valence-electron chi connectivity index (χ1n) is 9.33. The molecular weight excluding hydrogens is 462 g/mol. The molecule has 0 heterocycles. The molecule has 0 nitrogen and oxygen atoms in total. The summed E-state index contributed by atoms with van der Waals surface area (Å²) in [6.45, 7) is 9.07. The number of fused-ring (bicyclic) bond motifs is 3. The molecule has 0 saturated carbocycles. The van der Waals surface area contributed by atoms with Crippen LogP contribution >= 0.6 is 0 Å². The van der Waals surface area contributed by atoms with Crippen LogP contribution in [-0.4, -0.2) is 3.21 Å². The minimum atomic E-state index is 0. The molecule has 3 aromatic carbocycles. The van der Waals surface area contributed by atoms with Crippen LogP contribution in [0.5, 0.6) is 0 Å². The van der Waals surface area contributed by atoms with E-state index in [-0.39, 0.29) is 24.8 Å². The summed E-state index contributed by atoms with van der Waals surface area (Å²) in [7, 11) is 0. The minimum absolute atomic E-state index is 0. The Balaban J connectivity index is 0.000000423. The fourth-order valence-electron chi connectivity index (χ4n) is 2.99. The van der Waals surface area contributed by atoms with Crippen LogP contribution in [0.25, 0.3) is 11.1 Å². The van der Waals surface area contributed by atoms with E-state index in [1.807, 2.05) is 36.4 Å². The van der Waals surface area contributed by atoms with Gasteiger partial charge in [-0.3, -0.25) is 0 Å². The van der Waals surface area contributed by atoms with Crippen LogP contribution in [0.1, 0.15) is 38.8 Å². The van der Waals surface area contributed by atoms with Gasteiger partial charge in [-0.15, -0.1) is 5.56 Å². The SMILES string of the molecule is CC(C)[C](=[Zr+2])C(C)C.[Cl-].[Cl-].[c-]1cccc2c1Cc1ccccc1-2.c1cc[cH-]c1. The molecule has 0 amide bonds. The maximum absolute atomic E-state index is 3.30. The van der Waals surface area contributed by atoms with E-state index >= 15 is 0 Å². The Kier molecular flexibility index (Phi) is 13.7. The zero-order valence-corrected chi connectivity index (χ0v) is 21.0. The van der Waals surface area contributed by atoms with Gasteiger partial charge in [0.1, 0.15) is 0 Å². The molecule has 0 atom stereocenters. The van der Waals surface area contributed by atoms with E-state index in [0.29, 0.717) is 0 Å². The molecule has 28 heavy (non-hydrogen) atoms. The zero-order valence-electron chi connectivity index (χ0n) is 17.0. The Labute approximate surface area is 198 Å². The van der Waals surface area contributed by atoms with Crippen molar-refractivity contribution < 1.29 is 49.0 Å². The van der Waals surface area contributed by atoms with Gasteiger partial charge in [0.15, 0.2) is 0 Å². The first-order valence-corrected chi connectivity index (χ1v) is 10.6. The van der Waals surface area contributed by atoms with Gasteiger partial charge < -0.3 is 24.8 Å². The smallest absolute Gasteiger partial charge is 0.0253 e. The molecular formula is C25H28Cl2Zr-2. The van der Waals surface area contributed by atoms with E-state index in [1.165, 1.54) is 22.3 Å². The van der Waals surface area contributed by atoms with Crippen LogP contribution in [0.15, 0.2) is 72.8 Å². The van der Waals surface area contributed by atoms with E-state index in [0.717, 1.165) is 18.3 Å². The molecule has 1 aliphatic rings. The van der Waals surface area contributed by atoms with Crippen LogP contribution < -0.4 is 24.8 Å². The Morgan fingerprint density at radius 2 is 1.43 bits per heavy atom. The first kappa shape index (κ1) is 27.1. The summed E-state index contributed by atoms with van der Waals surface area (Å²) >= 11 is 1.61. The van der Waals surface area contributed by atoms with Crippen molar-refractivity contribution in [2.45, 2.75) is 34.1 Å². The number of hydrogen-bond acceptors (Lipinski definition) is 0. The van der Waals surface area contributed by atoms with Gasteiger partial charge in [0, 0.05) is 0 Å². The van der Waals surface area contributed by atoms with Crippen molar-refractivity contribution in [1.29, 1.82) is 0 Å². The normalized spacial score (nSPS) is 10.3. The summed E-state index contributed by atoms with van der Waals surface area (Å²) in [4.78, 5) is 0. The van der Waals surface area contributed by atoms with Gasteiger partial charge in [0.25, 0.3) is 0 Å². The van der Waals surface area contributed by atoms with E-state index in [9.17, 15) is 0 Å². The molecule has 0 radical (unpaired) electrons. The Bertz CT molecular complexity index is 734. The Hall–Kier alpha value is -0.877. The van der Waals surface area contributed by atoms with Crippen LogP contribution in [-0.2, 0) is 30.7 Å². The summed E-state index contributed by atoms with van der Waals surface area (Å²) in [5, 5.41) is 0. The largest absolute Gasteiger partial charge is 1.00 e. The fourth-order valence-corrected chi connectivity index (χ4v) is 2.99. The molecule has 3 heteroatoms. The van der Waals surface area contributed by atoms with E-state index in [1.54, 1.807) is 27.4 Å². The van der Waals surface area contributed by atoms with Crippen LogP contribution in [0.2, 0.25) is 0 Å². The van der Waals surface area contributed by atoms with Crippen molar-refractivity contribution in [3.05, 3.63) is 90.0 Å². The maximum Gasteiger partial charge on any atom is -0.0253 e. The second-order valence-electron chi connectivity index (χ2n) is 7.12. The maximum atomic E-state index is 3.30. The van der Waals surface area contributed by atoms with Crippen molar-refractivity contribution in [3.63, 3.8) is 0 Å². The quantitative estimate of drug-likeness (QED) is 0.359. The second-order valence-corrected chi connectivity index (χ2v) is 8.54. The van der Waals surface area contributed by atoms with Gasteiger partial charge in [-0.2, -0.15) is 48.0 Å². The number of benzene rings is 2. The molecule has 0 N–H and O–H groups in total. The van der Waals surface area contributed by atoms with E-state index in [4.69, 9.17) is 0 Å². The van der Waals surface area contributed by atoms with Gasteiger partial charge >= 0.3 is 67.0 Å². The molecule has 3 aromatic rings. The second kappa shape index (κ2) is 14.2. The number of rotatable bonds is 2. The molecule has 0 aliphatic heterocycles. The van der Waals surface area contributed by atoms with E-state index in [2.05, 4.69) is 70.2 Å². The molecule has 0 bridgehead atoms. The third-order valence-corrected chi connectivity index (χ3v) is 7.25. The van der Waals surface area contributed by atoms with Gasteiger partial charge in [0.2, 0.25) is 0 Å². The molecule has 0 saturated heterocycles. The molecule has 0 fully saturated rings. The zero-order chi connectivity index (χ0) is 18.9. The average Bonchev–Trinajstić information content (AvgIpc) is 3.32. The average molecular weight is 491 g/mol. The topological polar surface area (TPSA) is 0 Å². The number of hydrogen-bond donors (Lipinski definition) is 0. The van der Waals surface area contributed by atoms with Crippen LogP contribution in [0.4, 0.5) is 0 Å². The summed E-state index contributed by atoms with van der Waals surface area (Å²) < 4.78 is 1.69. The summed E-state index contributed by atoms with van der Waals surface area (Å²) in [5.74, 6) is 1.60. The molecule has 0 unspecified atom stereocenters. The molecule has 4 rings (SSSR count). The van der Waals surface area contributed by atoms with Gasteiger partial charge in [-0.05, 0) is 6.42 Å². The van der Waals surface area contributed by atoms with Crippen molar-refractivity contribution in [3.8, 4) is 11.1 Å². The third kappa shape index (κ3) is 8.24. The van der Waals surface area contributed by atoms with E-state index < -0.39 is 0 Å². The summed E-state index contributed by atoms with van der Waals surface area (Å²) in [5.41, 5.74) is 5.51. The van der Waals surface area contributed by atoms with Crippen LogP contribution in [0, 0.1) is 17.9 Å². The molecule has 0 spiro atoms. The first-order chi connectivity index (χ1) is 12.5. The van der Waals surface area contributed by atoms with Crippen molar-refractivity contribution in [2.75, 3.05) is 0 Å². The summed E-state index contributed by atoms with van der Waals surface area (Å²) in [6.07, 6.45) is 1.05. The third-order valence-electron chi connectivity index (χ3n) is 4.42. The number of halogens is 2. The van der Waals surface area contributed by atoms with Gasteiger partial charge in [-0.25, -0.2) is 12.1 Å². The molecule has 148 valence electrons. The minimum Gasteiger partial charge on any atom is -1.00 e. The predicted molar refractivity (Wildman–Crippen MR) is 110 cm³/mol. The Morgan fingerprint density at radius 1 is 0.857 bits per heavy atom.